The number of anilines is 1. The van der Waals surface area contributed by atoms with E-state index in [2.05, 4.69) is 25.3 Å². The van der Waals surface area contributed by atoms with Crippen LogP contribution in [0.1, 0.15) is 6.92 Å². The van der Waals surface area contributed by atoms with E-state index in [9.17, 15) is 0 Å². The summed E-state index contributed by atoms with van der Waals surface area (Å²) in [6.45, 7) is 2.52. The van der Waals surface area contributed by atoms with Gasteiger partial charge in [0.15, 0.2) is 5.65 Å². The summed E-state index contributed by atoms with van der Waals surface area (Å²) in [5.41, 5.74) is 2.36. The van der Waals surface area contributed by atoms with E-state index in [4.69, 9.17) is 5.11 Å². The normalized spacial score (nSPS) is 12.0. The molecule has 0 radical (unpaired) electrons. The molecule has 0 aliphatic carbocycles. The van der Waals surface area contributed by atoms with Crippen LogP contribution in [0.5, 0.6) is 0 Å². The van der Waals surface area contributed by atoms with Crippen LogP contribution in [0.15, 0.2) is 24.2 Å². The van der Waals surface area contributed by atoms with Crippen molar-refractivity contribution in [3.05, 3.63) is 24.2 Å². The summed E-state index contributed by atoms with van der Waals surface area (Å²) in [4.78, 5) is 15.3. The number of aromatic nitrogens is 4. The standard InChI is InChI=1S/C10H13N5O/c1-7(5-16)2-3-11-10-12-4-8-9(15-10)14-6-13-8/h2,4,6,16H,3,5H2,1H3,(H2,11,12,13,14,15). The van der Waals surface area contributed by atoms with Gasteiger partial charge in [-0.1, -0.05) is 11.6 Å². The smallest absolute Gasteiger partial charge is 0.225 e. The number of hydrogen-bond donors (Lipinski definition) is 3. The minimum Gasteiger partial charge on any atom is -0.392 e. The third kappa shape index (κ3) is 2.34. The van der Waals surface area contributed by atoms with Gasteiger partial charge in [0.05, 0.1) is 19.1 Å². The van der Waals surface area contributed by atoms with Crippen molar-refractivity contribution >= 4 is 17.1 Å². The average molecular weight is 219 g/mol. The Morgan fingerprint density at radius 2 is 2.44 bits per heavy atom. The molecule has 0 fully saturated rings. The summed E-state index contributed by atoms with van der Waals surface area (Å²) in [6.07, 6.45) is 5.15. The van der Waals surface area contributed by atoms with Crippen molar-refractivity contribution in [2.75, 3.05) is 18.5 Å². The van der Waals surface area contributed by atoms with Gasteiger partial charge in [0.2, 0.25) is 5.95 Å². The van der Waals surface area contributed by atoms with Crippen LogP contribution >= 0.6 is 0 Å². The van der Waals surface area contributed by atoms with Crippen LogP contribution < -0.4 is 5.32 Å². The van der Waals surface area contributed by atoms with Crippen molar-refractivity contribution < 1.29 is 5.11 Å². The van der Waals surface area contributed by atoms with Crippen LogP contribution in [0.25, 0.3) is 11.2 Å². The van der Waals surface area contributed by atoms with E-state index in [-0.39, 0.29) is 6.61 Å². The SMILES string of the molecule is CC(=CCNc1ncc2[nH]cnc2n1)CO. The second-order valence-electron chi connectivity index (χ2n) is 3.42. The van der Waals surface area contributed by atoms with E-state index in [1.807, 2.05) is 13.0 Å². The molecule has 6 nitrogen and oxygen atoms in total. The van der Waals surface area contributed by atoms with Gasteiger partial charge in [-0.3, -0.25) is 0 Å². The zero-order chi connectivity index (χ0) is 11.4. The highest BCUT2D eigenvalue weighted by Crippen LogP contribution is 2.06. The number of imidazole rings is 1. The molecule has 0 aliphatic heterocycles. The number of aliphatic hydroxyl groups is 1. The summed E-state index contributed by atoms with van der Waals surface area (Å²) in [5, 5.41) is 11.8. The van der Waals surface area contributed by atoms with Crippen LogP contribution in [0, 0.1) is 0 Å². The Morgan fingerprint density at radius 3 is 3.25 bits per heavy atom. The maximum absolute atomic E-state index is 8.80. The lowest BCUT2D eigenvalue weighted by Gasteiger charge is -2.01. The summed E-state index contributed by atoms with van der Waals surface area (Å²) in [6, 6.07) is 0. The fourth-order valence-corrected chi connectivity index (χ4v) is 1.20. The summed E-state index contributed by atoms with van der Waals surface area (Å²) in [5.74, 6) is 0.529. The predicted octanol–water partition coefficient (Wildman–Crippen LogP) is 0.703. The molecule has 84 valence electrons. The van der Waals surface area contributed by atoms with Crippen molar-refractivity contribution in [3.8, 4) is 0 Å². The average Bonchev–Trinajstić information content (AvgIpc) is 2.76. The molecule has 0 saturated heterocycles. The number of nitrogens with one attached hydrogen (secondary N) is 2. The minimum atomic E-state index is 0.0704. The Hall–Kier alpha value is -1.95. The molecule has 2 aromatic rings. The lowest BCUT2D eigenvalue weighted by Crippen LogP contribution is -2.04. The maximum Gasteiger partial charge on any atom is 0.225 e. The third-order valence-corrected chi connectivity index (χ3v) is 2.14. The van der Waals surface area contributed by atoms with E-state index in [0.717, 1.165) is 11.1 Å². The van der Waals surface area contributed by atoms with Gasteiger partial charge in [-0.05, 0) is 6.92 Å². The summed E-state index contributed by atoms with van der Waals surface area (Å²) >= 11 is 0. The number of rotatable bonds is 4. The molecule has 0 saturated carbocycles. The maximum atomic E-state index is 8.80. The molecule has 0 spiro atoms. The van der Waals surface area contributed by atoms with Gasteiger partial charge in [0.25, 0.3) is 0 Å². The predicted molar refractivity (Wildman–Crippen MR) is 61.0 cm³/mol. The van der Waals surface area contributed by atoms with Crippen molar-refractivity contribution in [2.45, 2.75) is 6.92 Å². The number of H-pyrrole nitrogens is 1. The van der Waals surface area contributed by atoms with Gasteiger partial charge in [0, 0.05) is 6.54 Å². The second kappa shape index (κ2) is 4.71. The fourth-order valence-electron chi connectivity index (χ4n) is 1.20. The minimum absolute atomic E-state index is 0.0704. The molecule has 6 heteroatoms. The molecule has 16 heavy (non-hydrogen) atoms. The van der Waals surface area contributed by atoms with Gasteiger partial charge < -0.3 is 15.4 Å². The van der Waals surface area contributed by atoms with Gasteiger partial charge >= 0.3 is 0 Å². The Kier molecular flexibility index (Phi) is 3.11. The first-order valence-electron chi connectivity index (χ1n) is 4.96. The molecule has 2 aromatic heterocycles. The lowest BCUT2D eigenvalue weighted by atomic mass is 10.3. The number of aliphatic hydroxyl groups excluding tert-OH is 1. The largest absolute Gasteiger partial charge is 0.392 e. The fraction of sp³-hybridized carbons (Fsp3) is 0.300. The molecule has 0 atom stereocenters. The van der Waals surface area contributed by atoms with E-state index in [1.54, 1.807) is 12.5 Å². The van der Waals surface area contributed by atoms with Gasteiger partial charge in [0.1, 0.15) is 5.52 Å². The van der Waals surface area contributed by atoms with Crippen molar-refractivity contribution in [3.63, 3.8) is 0 Å². The lowest BCUT2D eigenvalue weighted by molar-refractivity contribution is 0.331. The molecule has 0 amide bonds. The quantitative estimate of drug-likeness (QED) is 0.659. The zero-order valence-corrected chi connectivity index (χ0v) is 8.94. The van der Waals surface area contributed by atoms with E-state index >= 15 is 0 Å². The highest BCUT2D eigenvalue weighted by molar-refractivity contribution is 5.69. The number of aromatic amines is 1. The highest BCUT2D eigenvalue weighted by atomic mass is 16.3. The molecule has 0 aliphatic rings. The van der Waals surface area contributed by atoms with Crippen LogP contribution in [0.2, 0.25) is 0 Å². The number of nitrogens with zero attached hydrogens (tertiary/aromatic N) is 3. The Morgan fingerprint density at radius 1 is 1.56 bits per heavy atom. The topological polar surface area (TPSA) is 86.7 Å². The molecular weight excluding hydrogens is 206 g/mol. The first-order valence-corrected chi connectivity index (χ1v) is 4.96. The van der Waals surface area contributed by atoms with E-state index in [0.29, 0.717) is 18.1 Å². The number of fused-ring (bicyclic) bond motifs is 1. The van der Waals surface area contributed by atoms with Gasteiger partial charge in [-0.2, -0.15) is 4.98 Å². The zero-order valence-electron chi connectivity index (χ0n) is 8.94. The molecule has 0 aromatic carbocycles. The first kappa shape index (κ1) is 10.6. The highest BCUT2D eigenvalue weighted by Gasteiger charge is 1.99. The van der Waals surface area contributed by atoms with Crippen LogP contribution in [0.4, 0.5) is 5.95 Å². The Labute approximate surface area is 92.5 Å². The van der Waals surface area contributed by atoms with Crippen molar-refractivity contribution in [1.29, 1.82) is 0 Å². The monoisotopic (exact) mass is 219 g/mol. The molecule has 3 N–H and O–H groups in total. The van der Waals surface area contributed by atoms with Gasteiger partial charge in [-0.15, -0.1) is 0 Å². The third-order valence-electron chi connectivity index (χ3n) is 2.14. The molecule has 0 unspecified atom stereocenters. The van der Waals surface area contributed by atoms with E-state index < -0.39 is 0 Å². The second-order valence-corrected chi connectivity index (χ2v) is 3.42. The summed E-state index contributed by atoms with van der Waals surface area (Å²) < 4.78 is 0. The summed E-state index contributed by atoms with van der Waals surface area (Å²) in [7, 11) is 0. The van der Waals surface area contributed by atoms with Crippen LogP contribution in [0.3, 0.4) is 0 Å². The van der Waals surface area contributed by atoms with Gasteiger partial charge in [-0.25, -0.2) is 9.97 Å². The Balaban J connectivity index is 2.04. The Bertz CT molecular complexity index is 505. The van der Waals surface area contributed by atoms with Crippen molar-refractivity contribution in [2.24, 2.45) is 0 Å². The molecule has 2 rings (SSSR count). The number of hydrogen-bond acceptors (Lipinski definition) is 5. The van der Waals surface area contributed by atoms with E-state index in [1.165, 1.54) is 0 Å². The van der Waals surface area contributed by atoms with Crippen LogP contribution in [-0.2, 0) is 0 Å². The van der Waals surface area contributed by atoms with Crippen LogP contribution in [-0.4, -0.2) is 38.2 Å². The molecule has 2 heterocycles. The van der Waals surface area contributed by atoms with Crippen molar-refractivity contribution in [1.82, 2.24) is 19.9 Å². The first-order chi connectivity index (χ1) is 7.79. The molecule has 0 bridgehead atoms. The molecular formula is C10H13N5O.